The lowest BCUT2D eigenvalue weighted by Gasteiger charge is -2.63. The van der Waals surface area contributed by atoms with Crippen molar-refractivity contribution in [2.75, 3.05) is 13.2 Å². The minimum absolute atomic E-state index is 0.0459. The van der Waals surface area contributed by atoms with Crippen molar-refractivity contribution in [3.63, 3.8) is 0 Å². The van der Waals surface area contributed by atoms with Crippen molar-refractivity contribution in [1.29, 1.82) is 5.41 Å². The largest absolute Gasteiger partial charge is 0.394 e. The molecule has 0 heterocycles. The van der Waals surface area contributed by atoms with Gasteiger partial charge in [0.2, 0.25) is 0 Å². The molecule has 8 atom stereocenters. The number of nitrogens with two attached hydrogens (primary N) is 1. The van der Waals surface area contributed by atoms with Crippen molar-refractivity contribution in [2.45, 2.75) is 84.2 Å². The summed E-state index contributed by atoms with van der Waals surface area (Å²) >= 11 is 0. The third kappa shape index (κ3) is 3.96. The quantitative estimate of drug-likeness (QED) is 0.227. The average molecular weight is 419 g/mol. The Kier molecular flexibility index (Phi) is 6.34. The van der Waals surface area contributed by atoms with Gasteiger partial charge in [-0.1, -0.05) is 25.4 Å². The first kappa shape index (κ1) is 21.9. The van der Waals surface area contributed by atoms with Crippen molar-refractivity contribution in [2.24, 2.45) is 51.3 Å². The third-order valence-corrected chi connectivity index (χ3v) is 9.79. The molecule has 4 aliphatic carbocycles. The zero-order valence-electron chi connectivity index (χ0n) is 18.9. The molecule has 30 heavy (non-hydrogen) atoms. The van der Waals surface area contributed by atoms with Gasteiger partial charge in [-0.2, -0.15) is 0 Å². The molecule has 0 aromatic heterocycles. The molecule has 1 unspecified atom stereocenters. The smallest absolute Gasteiger partial charge is 0.185 e. The number of nitrogens with one attached hydrogen (secondary N) is 2. The number of fused-ring (bicyclic) bond motifs is 5. The summed E-state index contributed by atoms with van der Waals surface area (Å²) in [6, 6.07) is 0. The molecule has 4 saturated carbocycles. The van der Waals surface area contributed by atoms with E-state index in [1.165, 1.54) is 44.9 Å². The van der Waals surface area contributed by atoms with Gasteiger partial charge in [0.05, 0.1) is 12.6 Å². The molecule has 0 saturated heterocycles. The van der Waals surface area contributed by atoms with Gasteiger partial charge < -0.3 is 21.0 Å². The summed E-state index contributed by atoms with van der Waals surface area (Å²) in [7, 11) is 0. The molecule has 0 aromatic carbocycles. The minimum Gasteiger partial charge on any atom is -0.394 e. The molecule has 0 aliphatic heterocycles. The second kappa shape index (κ2) is 8.68. The number of oxime groups is 1. The van der Waals surface area contributed by atoms with Crippen molar-refractivity contribution in [1.82, 2.24) is 5.32 Å². The highest BCUT2D eigenvalue weighted by molar-refractivity contribution is 5.74. The Labute approximate surface area is 181 Å². The fraction of sp³-hybridized carbons (Fsp3) is 0.917. The topological polar surface area (TPSA) is 104 Å². The maximum atomic E-state index is 10.6. The maximum Gasteiger partial charge on any atom is 0.185 e. The molecular formula is C24H42N4O2. The van der Waals surface area contributed by atoms with Crippen LogP contribution in [0.25, 0.3) is 0 Å². The molecule has 170 valence electrons. The molecule has 4 fully saturated rings. The van der Waals surface area contributed by atoms with E-state index in [1.54, 1.807) is 0 Å². The van der Waals surface area contributed by atoms with Gasteiger partial charge in [-0.15, -0.1) is 0 Å². The zero-order chi connectivity index (χ0) is 21.4. The summed E-state index contributed by atoms with van der Waals surface area (Å²) in [5.41, 5.74) is 6.18. The van der Waals surface area contributed by atoms with Gasteiger partial charge in [0.15, 0.2) is 5.96 Å². The highest BCUT2D eigenvalue weighted by Gasteiger charge is 2.60. The summed E-state index contributed by atoms with van der Waals surface area (Å²) < 4.78 is 0. The molecular weight excluding hydrogens is 376 g/mol. The lowest BCUT2D eigenvalue weighted by molar-refractivity contribution is -0.150. The predicted octanol–water partition coefficient (Wildman–Crippen LogP) is 3.88. The Hall–Kier alpha value is -1.30. The number of aliphatic hydroxyl groups is 1. The molecule has 5 N–H and O–H groups in total. The Morgan fingerprint density at radius 3 is 2.83 bits per heavy atom. The van der Waals surface area contributed by atoms with E-state index in [-0.39, 0.29) is 12.1 Å². The van der Waals surface area contributed by atoms with Gasteiger partial charge in [0.25, 0.3) is 0 Å². The van der Waals surface area contributed by atoms with Crippen LogP contribution in [0.5, 0.6) is 0 Å². The van der Waals surface area contributed by atoms with Crippen LogP contribution in [0, 0.1) is 45.8 Å². The van der Waals surface area contributed by atoms with Crippen LogP contribution in [0.3, 0.4) is 0 Å². The van der Waals surface area contributed by atoms with Crippen LogP contribution in [0.4, 0.5) is 0 Å². The van der Waals surface area contributed by atoms with Gasteiger partial charge in [-0.3, -0.25) is 5.41 Å². The Balaban J connectivity index is 1.43. The standard InChI is InChI=1S/C24H42N4O2/c1-23-9-3-4-20(23)19-6-5-16-14-18(29)15-17(24(16,2)21(19)7-10-23)8-11-28-30-13-12-27-22(25)26/h11,16-21,29H,3-10,12-15H2,1-2H3,(H4,25,26,27)/b28-11+/t16-,17?,18-,19+,20+,21+,23+,24-/m1/s1. The molecule has 0 amide bonds. The van der Waals surface area contributed by atoms with E-state index in [0.717, 1.165) is 37.0 Å². The monoisotopic (exact) mass is 418 g/mol. The molecule has 0 radical (unpaired) electrons. The summed E-state index contributed by atoms with van der Waals surface area (Å²) in [5.74, 6) is 3.69. The van der Waals surface area contributed by atoms with Crippen LogP contribution >= 0.6 is 0 Å². The fourth-order valence-corrected chi connectivity index (χ4v) is 8.33. The van der Waals surface area contributed by atoms with Gasteiger partial charge in [0.1, 0.15) is 6.61 Å². The van der Waals surface area contributed by atoms with Gasteiger partial charge in [-0.05, 0) is 98.2 Å². The van der Waals surface area contributed by atoms with Gasteiger partial charge in [-0.25, -0.2) is 0 Å². The van der Waals surface area contributed by atoms with Crippen LogP contribution in [-0.2, 0) is 4.84 Å². The highest BCUT2D eigenvalue weighted by Crippen LogP contribution is 2.67. The number of hydrogen-bond acceptors (Lipinski definition) is 4. The number of hydrogen-bond donors (Lipinski definition) is 4. The summed E-state index contributed by atoms with van der Waals surface area (Å²) in [5, 5.41) is 24.7. The van der Waals surface area contributed by atoms with Crippen molar-refractivity contribution < 1.29 is 9.94 Å². The first-order valence-corrected chi connectivity index (χ1v) is 12.2. The van der Waals surface area contributed by atoms with E-state index >= 15 is 0 Å². The number of rotatable bonds is 6. The normalized spacial score (nSPS) is 45.4. The van der Waals surface area contributed by atoms with Crippen LogP contribution < -0.4 is 11.1 Å². The molecule has 6 nitrogen and oxygen atoms in total. The third-order valence-electron chi connectivity index (χ3n) is 9.79. The second-order valence-electron chi connectivity index (χ2n) is 11.1. The maximum absolute atomic E-state index is 10.6. The number of guanidine groups is 1. The number of aliphatic hydroxyl groups excluding tert-OH is 1. The Morgan fingerprint density at radius 2 is 2.03 bits per heavy atom. The average Bonchev–Trinajstić information content (AvgIpc) is 3.09. The summed E-state index contributed by atoms with van der Waals surface area (Å²) in [6.45, 7) is 6.02. The number of nitrogens with zero attached hydrogens (tertiary/aromatic N) is 1. The van der Waals surface area contributed by atoms with Crippen LogP contribution in [0.2, 0.25) is 0 Å². The first-order chi connectivity index (χ1) is 14.3. The second-order valence-corrected chi connectivity index (χ2v) is 11.1. The van der Waals surface area contributed by atoms with E-state index < -0.39 is 0 Å². The van der Waals surface area contributed by atoms with Crippen LogP contribution in [-0.4, -0.2) is 36.5 Å². The van der Waals surface area contributed by atoms with Crippen molar-refractivity contribution >= 4 is 12.2 Å². The summed E-state index contributed by atoms with van der Waals surface area (Å²) in [4.78, 5) is 5.34. The molecule has 0 spiro atoms. The molecule has 0 aromatic rings. The lowest BCUT2D eigenvalue weighted by Crippen LogP contribution is -2.56. The minimum atomic E-state index is -0.168. The predicted molar refractivity (Wildman–Crippen MR) is 120 cm³/mol. The summed E-state index contributed by atoms with van der Waals surface area (Å²) in [6.07, 6.45) is 14.3. The highest BCUT2D eigenvalue weighted by atomic mass is 16.6. The molecule has 0 bridgehead atoms. The van der Waals surface area contributed by atoms with E-state index in [0.29, 0.717) is 35.8 Å². The fourth-order valence-electron chi connectivity index (χ4n) is 8.33. The Bertz CT molecular complexity index is 655. The van der Waals surface area contributed by atoms with Gasteiger partial charge in [0, 0.05) is 6.21 Å². The van der Waals surface area contributed by atoms with Crippen LogP contribution in [0.15, 0.2) is 5.16 Å². The zero-order valence-corrected chi connectivity index (χ0v) is 18.9. The van der Waals surface area contributed by atoms with E-state index in [2.05, 4.69) is 24.3 Å². The van der Waals surface area contributed by atoms with E-state index in [1.807, 2.05) is 6.21 Å². The van der Waals surface area contributed by atoms with Crippen LogP contribution in [0.1, 0.15) is 78.1 Å². The molecule has 4 rings (SSSR count). The van der Waals surface area contributed by atoms with Gasteiger partial charge >= 0.3 is 0 Å². The SMILES string of the molecule is C[C@@]12CCC[C@H]1[C@@H]1CC[C@@H]3C[C@@H](O)CC(C/C=N/OCCNC(=N)N)[C@]3(C)[C@H]1CC2. The molecule has 6 heteroatoms. The van der Waals surface area contributed by atoms with E-state index in [9.17, 15) is 5.11 Å². The lowest BCUT2D eigenvalue weighted by atomic mass is 9.42. The van der Waals surface area contributed by atoms with Crippen molar-refractivity contribution in [3.05, 3.63) is 0 Å². The van der Waals surface area contributed by atoms with E-state index in [4.69, 9.17) is 16.0 Å². The Morgan fingerprint density at radius 1 is 1.20 bits per heavy atom. The van der Waals surface area contributed by atoms with Crippen molar-refractivity contribution in [3.8, 4) is 0 Å². The molecule has 4 aliphatic rings. The first-order valence-electron chi connectivity index (χ1n) is 12.2.